The lowest BCUT2D eigenvalue weighted by atomic mass is 10.1. The molecule has 2 amide bonds. The van der Waals surface area contributed by atoms with E-state index in [0.29, 0.717) is 28.6 Å². The van der Waals surface area contributed by atoms with Gasteiger partial charge in [-0.15, -0.1) is 0 Å². The quantitative estimate of drug-likeness (QED) is 0.518. The Morgan fingerprint density at radius 2 is 1.74 bits per heavy atom. The number of carbonyl (C=O) groups excluding carboxylic acids is 2. The third kappa shape index (κ3) is 6.57. The van der Waals surface area contributed by atoms with Crippen molar-refractivity contribution in [3.05, 3.63) is 94.5 Å². The number of rotatable bonds is 9. The normalized spacial score (nSPS) is 10.4. The Hall–Kier alpha value is -3.35. The van der Waals surface area contributed by atoms with E-state index in [1.807, 2.05) is 36.4 Å². The molecule has 0 saturated carbocycles. The molecule has 0 fully saturated rings. The zero-order chi connectivity index (χ0) is 22.1. The Kier molecular flexibility index (Phi) is 8.04. The van der Waals surface area contributed by atoms with Gasteiger partial charge in [-0.05, 0) is 35.9 Å². The van der Waals surface area contributed by atoms with Crippen molar-refractivity contribution in [2.24, 2.45) is 0 Å². The van der Waals surface area contributed by atoms with Crippen LogP contribution in [-0.2, 0) is 22.7 Å². The van der Waals surface area contributed by atoms with Crippen LogP contribution in [0, 0.1) is 0 Å². The monoisotopic (exact) mass is 438 g/mol. The number of amides is 2. The van der Waals surface area contributed by atoms with E-state index >= 15 is 0 Å². The molecule has 3 aromatic carbocycles. The van der Waals surface area contributed by atoms with Crippen LogP contribution in [0.5, 0.6) is 5.75 Å². The fourth-order valence-electron chi connectivity index (χ4n) is 2.92. The van der Waals surface area contributed by atoms with Crippen molar-refractivity contribution in [3.8, 4) is 5.75 Å². The van der Waals surface area contributed by atoms with E-state index in [-0.39, 0.29) is 25.0 Å². The lowest BCUT2D eigenvalue weighted by Gasteiger charge is -2.13. The fraction of sp³-hybridized carbons (Fsp3) is 0.167. The van der Waals surface area contributed by atoms with Crippen molar-refractivity contribution in [3.63, 3.8) is 0 Å². The van der Waals surface area contributed by atoms with E-state index in [1.54, 1.807) is 36.4 Å². The highest BCUT2D eigenvalue weighted by Crippen LogP contribution is 2.22. The number of methoxy groups -OCH3 is 1. The molecule has 3 rings (SSSR count). The van der Waals surface area contributed by atoms with Crippen molar-refractivity contribution in [1.82, 2.24) is 5.32 Å². The lowest BCUT2D eigenvalue weighted by Crippen LogP contribution is -2.23. The first-order valence-electron chi connectivity index (χ1n) is 9.68. The first-order valence-corrected chi connectivity index (χ1v) is 10.1. The number of carbonyl (C=O) groups is 2. The summed E-state index contributed by atoms with van der Waals surface area (Å²) in [6.07, 6.45) is 0. The van der Waals surface area contributed by atoms with Gasteiger partial charge in [-0.1, -0.05) is 54.1 Å². The highest BCUT2D eigenvalue weighted by molar-refractivity contribution is 6.31. The van der Waals surface area contributed by atoms with Gasteiger partial charge in [0.15, 0.2) is 0 Å². The molecule has 0 unspecified atom stereocenters. The summed E-state index contributed by atoms with van der Waals surface area (Å²) in [7, 11) is 1.46. The smallest absolute Gasteiger partial charge is 0.255 e. The molecule has 0 aromatic heterocycles. The molecular formula is C24H23ClN2O4. The standard InChI is InChI=1S/C24H23ClN2O4/c1-30-16-23(28)27-19-9-6-7-17(13-19)14-26-24(29)20-10-3-5-12-22(20)31-15-18-8-2-4-11-21(18)25/h2-13H,14-16H2,1H3,(H,26,29)(H,27,28). The van der Waals surface area contributed by atoms with Crippen LogP contribution in [-0.4, -0.2) is 25.5 Å². The molecule has 0 aliphatic heterocycles. The minimum atomic E-state index is -0.261. The first kappa shape index (κ1) is 22.3. The maximum absolute atomic E-state index is 12.8. The van der Waals surface area contributed by atoms with Gasteiger partial charge in [0.2, 0.25) is 5.91 Å². The van der Waals surface area contributed by atoms with Gasteiger partial charge in [0.1, 0.15) is 19.0 Å². The van der Waals surface area contributed by atoms with Crippen LogP contribution in [0.4, 0.5) is 5.69 Å². The van der Waals surface area contributed by atoms with Crippen LogP contribution in [0.1, 0.15) is 21.5 Å². The molecule has 0 radical (unpaired) electrons. The van der Waals surface area contributed by atoms with E-state index < -0.39 is 0 Å². The summed E-state index contributed by atoms with van der Waals surface area (Å²) in [6.45, 7) is 0.533. The van der Waals surface area contributed by atoms with Crippen molar-refractivity contribution < 1.29 is 19.1 Å². The predicted molar refractivity (Wildman–Crippen MR) is 120 cm³/mol. The summed E-state index contributed by atoms with van der Waals surface area (Å²) in [6, 6.07) is 21.7. The van der Waals surface area contributed by atoms with Gasteiger partial charge in [0.05, 0.1) is 5.56 Å². The van der Waals surface area contributed by atoms with E-state index in [0.717, 1.165) is 11.1 Å². The maximum atomic E-state index is 12.8. The molecule has 0 atom stereocenters. The second-order valence-electron chi connectivity index (χ2n) is 6.74. The average molecular weight is 439 g/mol. The second-order valence-corrected chi connectivity index (χ2v) is 7.15. The lowest BCUT2D eigenvalue weighted by molar-refractivity contribution is -0.119. The summed E-state index contributed by atoms with van der Waals surface area (Å²) in [4.78, 5) is 24.4. The number of nitrogens with one attached hydrogen (secondary N) is 2. The van der Waals surface area contributed by atoms with Gasteiger partial charge in [-0.2, -0.15) is 0 Å². The zero-order valence-electron chi connectivity index (χ0n) is 17.1. The molecular weight excluding hydrogens is 416 g/mol. The van der Waals surface area contributed by atoms with E-state index in [1.165, 1.54) is 7.11 Å². The maximum Gasteiger partial charge on any atom is 0.255 e. The van der Waals surface area contributed by atoms with Crippen molar-refractivity contribution in [2.75, 3.05) is 19.0 Å². The van der Waals surface area contributed by atoms with Gasteiger partial charge < -0.3 is 20.1 Å². The number of halogens is 1. The molecule has 2 N–H and O–H groups in total. The molecule has 7 heteroatoms. The van der Waals surface area contributed by atoms with Gasteiger partial charge in [-0.25, -0.2) is 0 Å². The van der Waals surface area contributed by atoms with E-state index in [9.17, 15) is 9.59 Å². The number of hydrogen-bond acceptors (Lipinski definition) is 4. The number of ether oxygens (including phenoxy) is 2. The molecule has 0 bridgehead atoms. The number of anilines is 1. The van der Waals surface area contributed by atoms with Crippen molar-refractivity contribution in [2.45, 2.75) is 13.2 Å². The highest BCUT2D eigenvalue weighted by atomic mass is 35.5. The Morgan fingerprint density at radius 1 is 0.968 bits per heavy atom. The Labute approximate surface area is 186 Å². The van der Waals surface area contributed by atoms with Crippen molar-refractivity contribution in [1.29, 1.82) is 0 Å². The molecule has 6 nitrogen and oxygen atoms in total. The van der Waals surface area contributed by atoms with Crippen LogP contribution in [0.15, 0.2) is 72.8 Å². The fourth-order valence-corrected chi connectivity index (χ4v) is 3.11. The van der Waals surface area contributed by atoms with Crippen LogP contribution in [0.25, 0.3) is 0 Å². The van der Waals surface area contributed by atoms with E-state index in [4.69, 9.17) is 21.1 Å². The van der Waals surface area contributed by atoms with E-state index in [2.05, 4.69) is 10.6 Å². The minimum Gasteiger partial charge on any atom is -0.488 e. The van der Waals surface area contributed by atoms with Gasteiger partial charge in [0.25, 0.3) is 5.91 Å². The third-order valence-corrected chi connectivity index (χ3v) is 4.78. The van der Waals surface area contributed by atoms with Gasteiger partial charge in [-0.3, -0.25) is 9.59 Å². The molecule has 0 spiro atoms. The molecule has 3 aromatic rings. The molecule has 0 saturated heterocycles. The number of para-hydroxylation sites is 1. The molecule has 0 aliphatic carbocycles. The molecule has 0 heterocycles. The van der Waals surface area contributed by atoms with Gasteiger partial charge in [0, 0.05) is 29.9 Å². The second kappa shape index (κ2) is 11.2. The molecule has 0 aliphatic rings. The largest absolute Gasteiger partial charge is 0.488 e. The zero-order valence-corrected chi connectivity index (χ0v) is 17.8. The summed E-state index contributed by atoms with van der Waals surface area (Å²) >= 11 is 6.18. The minimum absolute atomic E-state index is 0.0219. The summed E-state index contributed by atoms with van der Waals surface area (Å²) in [5, 5.41) is 6.24. The first-order chi connectivity index (χ1) is 15.1. The third-order valence-electron chi connectivity index (χ3n) is 4.41. The van der Waals surface area contributed by atoms with Gasteiger partial charge >= 0.3 is 0 Å². The van der Waals surface area contributed by atoms with Crippen LogP contribution < -0.4 is 15.4 Å². The predicted octanol–water partition coefficient (Wildman–Crippen LogP) is 4.43. The highest BCUT2D eigenvalue weighted by Gasteiger charge is 2.13. The summed E-state index contributed by atoms with van der Waals surface area (Å²) in [5.41, 5.74) is 2.75. The van der Waals surface area contributed by atoms with Crippen LogP contribution >= 0.6 is 11.6 Å². The Bertz CT molecular complexity index is 1060. The Morgan fingerprint density at radius 3 is 2.55 bits per heavy atom. The average Bonchev–Trinajstić information content (AvgIpc) is 2.77. The summed E-state index contributed by atoms with van der Waals surface area (Å²) < 4.78 is 10.7. The number of benzene rings is 3. The SMILES string of the molecule is COCC(=O)Nc1cccc(CNC(=O)c2ccccc2OCc2ccccc2Cl)c1. The number of hydrogen-bond donors (Lipinski definition) is 2. The van der Waals surface area contributed by atoms with Crippen LogP contribution in [0.2, 0.25) is 5.02 Å². The topological polar surface area (TPSA) is 76.7 Å². The summed E-state index contributed by atoms with van der Waals surface area (Å²) in [5.74, 6) is -0.0302. The Balaban J connectivity index is 1.62. The molecule has 160 valence electrons. The van der Waals surface area contributed by atoms with Crippen LogP contribution in [0.3, 0.4) is 0 Å². The molecule has 31 heavy (non-hydrogen) atoms. The van der Waals surface area contributed by atoms with Crippen molar-refractivity contribution >= 4 is 29.1 Å².